The molecule has 2 heterocycles. The Morgan fingerprint density at radius 2 is 2.00 bits per heavy atom. The molecule has 0 saturated carbocycles. The van der Waals surface area contributed by atoms with Gasteiger partial charge in [-0.25, -0.2) is 0 Å². The second kappa shape index (κ2) is 4.04. The molecule has 0 bridgehead atoms. The molecule has 1 aliphatic heterocycles. The van der Waals surface area contributed by atoms with Gasteiger partial charge >= 0.3 is 0 Å². The standard InChI is InChI=1S/C14H13ClN2/c1-10-9-17(12-6-4-11(15)5-7-12)13-3-2-8-16-14(10)13/h2-8,10H,9H2,1H3. The van der Waals surface area contributed by atoms with Crippen LogP contribution in [0.4, 0.5) is 11.4 Å². The number of anilines is 2. The molecular formula is C14H13ClN2. The third-order valence-corrected chi connectivity index (χ3v) is 3.42. The Bertz CT molecular complexity index is 536. The van der Waals surface area contributed by atoms with Gasteiger partial charge in [0.25, 0.3) is 0 Å². The zero-order chi connectivity index (χ0) is 11.8. The molecule has 2 aromatic rings. The fourth-order valence-electron chi connectivity index (χ4n) is 2.34. The Kier molecular flexibility index (Phi) is 2.52. The van der Waals surface area contributed by atoms with Crippen molar-refractivity contribution >= 4 is 23.0 Å². The van der Waals surface area contributed by atoms with Gasteiger partial charge in [-0.05, 0) is 36.4 Å². The van der Waals surface area contributed by atoms with Gasteiger partial charge in [-0.2, -0.15) is 0 Å². The summed E-state index contributed by atoms with van der Waals surface area (Å²) < 4.78 is 0. The van der Waals surface area contributed by atoms with Gasteiger partial charge in [0.15, 0.2) is 0 Å². The molecular weight excluding hydrogens is 232 g/mol. The van der Waals surface area contributed by atoms with E-state index in [1.807, 2.05) is 24.4 Å². The van der Waals surface area contributed by atoms with E-state index in [2.05, 4.69) is 35.0 Å². The molecule has 3 rings (SSSR count). The van der Waals surface area contributed by atoms with Crippen molar-refractivity contribution in [2.24, 2.45) is 0 Å². The maximum Gasteiger partial charge on any atom is 0.0686 e. The van der Waals surface area contributed by atoms with Crippen molar-refractivity contribution in [1.29, 1.82) is 0 Å². The molecule has 0 aliphatic carbocycles. The second-order valence-corrected chi connectivity index (χ2v) is 4.83. The Morgan fingerprint density at radius 1 is 1.24 bits per heavy atom. The van der Waals surface area contributed by atoms with Crippen LogP contribution in [0.2, 0.25) is 5.02 Å². The molecule has 1 aromatic carbocycles. The molecule has 2 nitrogen and oxygen atoms in total. The van der Waals surface area contributed by atoms with Gasteiger partial charge in [0.1, 0.15) is 0 Å². The highest BCUT2D eigenvalue weighted by atomic mass is 35.5. The number of pyridine rings is 1. The zero-order valence-electron chi connectivity index (χ0n) is 9.60. The van der Waals surface area contributed by atoms with Gasteiger partial charge in [0, 0.05) is 29.4 Å². The summed E-state index contributed by atoms with van der Waals surface area (Å²) in [5.41, 5.74) is 3.57. The summed E-state index contributed by atoms with van der Waals surface area (Å²) >= 11 is 5.92. The molecule has 1 unspecified atom stereocenters. The lowest BCUT2D eigenvalue weighted by Crippen LogP contribution is -2.14. The molecule has 0 N–H and O–H groups in total. The van der Waals surface area contributed by atoms with E-state index in [-0.39, 0.29) is 0 Å². The number of hydrogen-bond donors (Lipinski definition) is 0. The van der Waals surface area contributed by atoms with Crippen LogP contribution in [0.3, 0.4) is 0 Å². The molecule has 0 radical (unpaired) electrons. The van der Waals surface area contributed by atoms with Crippen molar-refractivity contribution in [1.82, 2.24) is 4.98 Å². The molecule has 86 valence electrons. The quantitative estimate of drug-likeness (QED) is 0.754. The van der Waals surface area contributed by atoms with Crippen molar-refractivity contribution in [2.45, 2.75) is 12.8 Å². The summed E-state index contributed by atoms with van der Waals surface area (Å²) in [4.78, 5) is 6.76. The van der Waals surface area contributed by atoms with Crippen LogP contribution in [0.1, 0.15) is 18.5 Å². The van der Waals surface area contributed by atoms with Gasteiger partial charge in [-0.15, -0.1) is 0 Å². The van der Waals surface area contributed by atoms with Crippen LogP contribution in [-0.4, -0.2) is 11.5 Å². The molecule has 17 heavy (non-hydrogen) atoms. The van der Waals surface area contributed by atoms with Crippen molar-refractivity contribution < 1.29 is 0 Å². The van der Waals surface area contributed by atoms with E-state index >= 15 is 0 Å². The van der Waals surface area contributed by atoms with Gasteiger partial charge in [-0.3, -0.25) is 4.98 Å². The summed E-state index contributed by atoms with van der Waals surface area (Å²) in [6, 6.07) is 12.1. The number of rotatable bonds is 1. The lowest BCUT2D eigenvalue weighted by atomic mass is 10.1. The fourth-order valence-corrected chi connectivity index (χ4v) is 2.47. The van der Waals surface area contributed by atoms with E-state index < -0.39 is 0 Å². The molecule has 1 aliphatic rings. The van der Waals surface area contributed by atoms with Crippen LogP contribution in [0, 0.1) is 0 Å². The molecule has 1 aromatic heterocycles. The molecule has 0 fully saturated rings. The minimum Gasteiger partial charge on any atom is -0.339 e. The Balaban J connectivity index is 2.04. The van der Waals surface area contributed by atoms with Crippen LogP contribution in [0.25, 0.3) is 0 Å². The molecule has 3 heteroatoms. The van der Waals surface area contributed by atoms with Gasteiger partial charge in [-0.1, -0.05) is 18.5 Å². The van der Waals surface area contributed by atoms with Crippen LogP contribution in [0.5, 0.6) is 0 Å². The zero-order valence-corrected chi connectivity index (χ0v) is 10.4. The first-order valence-electron chi connectivity index (χ1n) is 5.74. The van der Waals surface area contributed by atoms with Crippen molar-refractivity contribution in [2.75, 3.05) is 11.4 Å². The summed E-state index contributed by atoms with van der Waals surface area (Å²) in [5.74, 6) is 0.474. The Morgan fingerprint density at radius 3 is 2.76 bits per heavy atom. The predicted octanol–water partition coefficient (Wildman–Crippen LogP) is 3.99. The van der Waals surface area contributed by atoms with E-state index in [0.29, 0.717) is 5.92 Å². The number of fused-ring (bicyclic) bond motifs is 1. The highest BCUT2D eigenvalue weighted by Crippen LogP contribution is 2.39. The molecule has 0 saturated heterocycles. The van der Waals surface area contributed by atoms with Crippen molar-refractivity contribution in [3.63, 3.8) is 0 Å². The first-order valence-corrected chi connectivity index (χ1v) is 6.11. The van der Waals surface area contributed by atoms with Crippen molar-refractivity contribution in [3.8, 4) is 0 Å². The lowest BCUT2D eigenvalue weighted by Gasteiger charge is -2.19. The SMILES string of the molecule is CC1CN(c2ccc(Cl)cc2)c2cccnc21. The van der Waals surface area contributed by atoms with Crippen LogP contribution in [0.15, 0.2) is 42.6 Å². The topological polar surface area (TPSA) is 16.1 Å². The van der Waals surface area contributed by atoms with E-state index in [1.165, 1.54) is 17.1 Å². The van der Waals surface area contributed by atoms with E-state index in [0.717, 1.165) is 11.6 Å². The Labute approximate surface area is 106 Å². The third kappa shape index (κ3) is 1.79. The van der Waals surface area contributed by atoms with Crippen LogP contribution < -0.4 is 4.90 Å². The Hall–Kier alpha value is -1.54. The monoisotopic (exact) mass is 244 g/mol. The molecule has 0 spiro atoms. The van der Waals surface area contributed by atoms with Crippen molar-refractivity contribution in [3.05, 3.63) is 53.3 Å². The summed E-state index contributed by atoms with van der Waals surface area (Å²) in [6.07, 6.45) is 1.86. The first-order chi connectivity index (χ1) is 8.25. The minimum atomic E-state index is 0.474. The number of benzene rings is 1. The minimum absolute atomic E-state index is 0.474. The number of nitrogens with zero attached hydrogens (tertiary/aromatic N) is 2. The fraction of sp³-hybridized carbons (Fsp3) is 0.214. The maximum absolute atomic E-state index is 5.92. The average Bonchev–Trinajstić information content (AvgIpc) is 2.69. The maximum atomic E-state index is 5.92. The van der Waals surface area contributed by atoms with Crippen LogP contribution >= 0.6 is 11.6 Å². The first kappa shape index (κ1) is 10.6. The number of aromatic nitrogens is 1. The third-order valence-electron chi connectivity index (χ3n) is 3.17. The average molecular weight is 245 g/mol. The van der Waals surface area contributed by atoms with E-state index in [1.54, 1.807) is 0 Å². The smallest absolute Gasteiger partial charge is 0.0686 e. The van der Waals surface area contributed by atoms with E-state index in [4.69, 9.17) is 11.6 Å². The van der Waals surface area contributed by atoms with E-state index in [9.17, 15) is 0 Å². The van der Waals surface area contributed by atoms with Crippen LogP contribution in [-0.2, 0) is 0 Å². The molecule has 0 amide bonds. The highest BCUT2D eigenvalue weighted by Gasteiger charge is 2.27. The molecule has 1 atom stereocenters. The van der Waals surface area contributed by atoms with Gasteiger partial charge in [0.05, 0.1) is 11.4 Å². The highest BCUT2D eigenvalue weighted by molar-refractivity contribution is 6.30. The summed E-state index contributed by atoms with van der Waals surface area (Å²) in [7, 11) is 0. The lowest BCUT2D eigenvalue weighted by molar-refractivity contribution is 0.791. The second-order valence-electron chi connectivity index (χ2n) is 4.40. The largest absolute Gasteiger partial charge is 0.339 e. The summed E-state index contributed by atoms with van der Waals surface area (Å²) in [5, 5.41) is 0.771. The number of hydrogen-bond acceptors (Lipinski definition) is 2. The number of halogens is 1. The predicted molar refractivity (Wildman–Crippen MR) is 71.1 cm³/mol. The van der Waals surface area contributed by atoms with Gasteiger partial charge < -0.3 is 4.90 Å². The summed E-state index contributed by atoms with van der Waals surface area (Å²) in [6.45, 7) is 3.19. The normalized spacial score (nSPS) is 18.2. The van der Waals surface area contributed by atoms with Gasteiger partial charge in [0.2, 0.25) is 0 Å².